The average molecular weight is 356 g/mol. The number of benzene rings is 1. The molecule has 8 heteroatoms. The molecule has 0 radical (unpaired) electrons. The molecule has 136 valence electrons. The number of carbonyl (C=O) groups excluding carboxylic acids is 1. The van der Waals surface area contributed by atoms with E-state index in [0.29, 0.717) is 32.0 Å². The third kappa shape index (κ3) is 4.47. The van der Waals surface area contributed by atoms with Crippen LogP contribution in [-0.2, 0) is 11.3 Å². The van der Waals surface area contributed by atoms with E-state index in [2.05, 4.69) is 9.97 Å². The summed E-state index contributed by atoms with van der Waals surface area (Å²) in [6, 6.07) is 9.56. The van der Waals surface area contributed by atoms with Crippen molar-refractivity contribution < 1.29 is 19.4 Å². The monoisotopic (exact) mass is 356 g/mol. The first kappa shape index (κ1) is 17.7. The van der Waals surface area contributed by atoms with Crippen molar-refractivity contribution in [3.63, 3.8) is 0 Å². The van der Waals surface area contributed by atoms with Crippen LogP contribution in [0.2, 0.25) is 0 Å². The first-order valence-corrected chi connectivity index (χ1v) is 8.39. The fourth-order valence-electron chi connectivity index (χ4n) is 2.73. The smallest absolute Gasteiger partial charge is 0.410 e. The van der Waals surface area contributed by atoms with Crippen molar-refractivity contribution in [2.75, 3.05) is 31.1 Å². The number of carbonyl (C=O) groups is 2. The van der Waals surface area contributed by atoms with Gasteiger partial charge in [0, 0.05) is 26.2 Å². The molecule has 0 spiro atoms. The number of carboxylic acids is 1. The van der Waals surface area contributed by atoms with Gasteiger partial charge in [0.15, 0.2) is 5.69 Å². The molecule has 1 aromatic carbocycles. The molecule has 0 bridgehead atoms. The fourth-order valence-corrected chi connectivity index (χ4v) is 2.73. The second kappa shape index (κ2) is 8.28. The number of hydrogen-bond acceptors (Lipinski definition) is 6. The van der Waals surface area contributed by atoms with Crippen LogP contribution in [-0.4, -0.2) is 58.2 Å². The van der Waals surface area contributed by atoms with Gasteiger partial charge < -0.3 is 19.6 Å². The van der Waals surface area contributed by atoms with Crippen LogP contribution in [0, 0.1) is 0 Å². The first-order valence-electron chi connectivity index (χ1n) is 8.39. The summed E-state index contributed by atoms with van der Waals surface area (Å²) in [5.74, 6) is -0.498. The van der Waals surface area contributed by atoms with Crippen LogP contribution < -0.4 is 4.90 Å². The number of rotatable bonds is 4. The zero-order valence-electron chi connectivity index (χ0n) is 14.2. The lowest BCUT2D eigenvalue weighted by atomic mass is 10.2. The summed E-state index contributed by atoms with van der Waals surface area (Å²) in [7, 11) is 0. The predicted molar refractivity (Wildman–Crippen MR) is 94.0 cm³/mol. The van der Waals surface area contributed by atoms with Gasteiger partial charge in [0.1, 0.15) is 12.4 Å². The molecule has 8 nitrogen and oxygen atoms in total. The van der Waals surface area contributed by atoms with Crippen LogP contribution in [0.5, 0.6) is 0 Å². The maximum absolute atomic E-state index is 12.3. The SMILES string of the molecule is O=C(O)c1cnc(N2CCCN(C(=O)OCc3ccccc3)CC2)cn1. The largest absolute Gasteiger partial charge is 0.476 e. The number of carboxylic acid groups (broad SMARTS) is 1. The van der Waals surface area contributed by atoms with Gasteiger partial charge in [0.25, 0.3) is 0 Å². The lowest BCUT2D eigenvalue weighted by Gasteiger charge is -2.22. The third-order valence-corrected chi connectivity index (χ3v) is 4.14. The van der Waals surface area contributed by atoms with E-state index in [1.165, 1.54) is 12.4 Å². The Morgan fingerprint density at radius 2 is 1.85 bits per heavy atom. The van der Waals surface area contributed by atoms with E-state index >= 15 is 0 Å². The second-order valence-corrected chi connectivity index (χ2v) is 5.93. The maximum Gasteiger partial charge on any atom is 0.410 e. The lowest BCUT2D eigenvalue weighted by molar-refractivity contribution is 0.0689. The minimum Gasteiger partial charge on any atom is -0.476 e. The van der Waals surface area contributed by atoms with E-state index in [-0.39, 0.29) is 18.4 Å². The maximum atomic E-state index is 12.3. The van der Waals surface area contributed by atoms with Crippen molar-refractivity contribution in [3.8, 4) is 0 Å². The van der Waals surface area contributed by atoms with Crippen LogP contribution in [0.15, 0.2) is 42.7 Å². The number of amides is 1. The molecule has 2 heterocycles. The first-order chi connectivity index (χ1) is 12.6. The number of aromatic carboxylic acids is 1. The van der Waals surface area contributed by atoms with E-state index in [1.807, 2.05) is 35.2 Å². The normalized spacial score (nSPS) is 14.6. The minimum absolute atomic E-state index is 0.0883. The molecule has 1 N–H and O–H groups in total. The predicted octanol–water partition coefficient (Wildman–Crippen LogP) is 2.02. The Kier molecular flexibility index (Phi) is 5.62. The molecular weight excluding hydrogens is 336 g/mol. The Morgan fingerprint density at radius 3 is 2.54 bits per heavy atom. The van der Waals surface area contributed by atoms with Crippen molar-refractivity contribution in [1.29, 1.82) is 0 Å². The van der Waals surface area contributed by atoms with Gasteiger partial charge in [-0.25, -0.2) is 19.6 Å². The highest BCUT2D eigenvalue weighted by molar-refractivity contribution is 5.84. The molecule has 3 rings (SSSR count). The average Bonchev–Trinajstić information content (AvgIpc) is 2.93. The number of ether oxygens (including phenoxy) is 1. The number of aromatic nitrogens is 2. The molecule has 1 aliphatic heterocycles. The van der Waals surface area contributed by atoms with Gasteiger partial charge in [-0.05, 0) is 12.0 Å². The van der Waals surface area contributed by atoms with Crippen molar-refractivity contribution in [2.24, 2.45) is 0 Å². The summed E-state index contributed by atoms with van der Waals surface area (Å²) in [5.41, 5.74) is 0.862. The Hall–Kier alpha value is -3.16. The van der Waals surface area contributed by atoms with E-state index < -0.39 is 5.97 Å². The van der Waals surface area contributed by atoms with E-state index in [1.54, 1.807) is 4.90 Å². The lowest BCUT2D eigenvalue weighted by Crippen LogP contribution is -2.35. The third-order valence-electron chi connectivity index (χ3n) is 4.14. The quantitative estimate of drug-likeness (QED) is 0.895. The van der Waals surface area contributed by atoms with E-state index in [4.69, 9.17) is 9.84 Å². The molecule has 0 saturated carbocycles. The second-order valence-electron chi connectivity index (χ2n) is 5.93. The molecule has 0 atom stereocenters. The Labute approximate surface area is 151 Å². The Morgan fingerprint density at radius 1 is 1.04 bits per heavy atom. The molecule has 26 heavy (non-hydrogen) atoms. The standard InChI is InChI=1S/C18H20N4O4/c23-17(24)15-11-20-16(12-19-15)21-7-4-8-22(10-9-21)18(25)26-13-14-5-2-1-3-6-14/h1-3,5-6,11-12H,4,7-10,13H2,(H,23,24). The summed E-state index contributed by atoms with van der Waals surface area (Å²) in [5, 5.41) is 8.89. The van der Waals surface area contributed by atoms with E-state index in [9.17, 15) is 9.59 Å². The van der Waals surface area contributed by atoms with Gasteiger partial charge in [0.05, 0.1) is 12.4 Å². The molecule has 1 fully saturated rings. The highest BCUT2D eigenvalue weighted by Crippen LogP contribution is 2.14. The summed E-state index contributed by atoms with van der Waals surface area (Å²) in [6.07, 6.45) is 3.13. The number of hydrogen-bond donors (Lipinski definition) is 1. The van der Waals surface area contributed by atoms with Crippen LogP contribution in [0.25, 0.3) is 0 Å². The fraction of sp³-hybridized carbons (Fsp3) is 0.333. The molecule has 1 aromatic heterocycles. The van der Waals surface area contributed by atoms with Gasteiger partial charge in [-0.15, -0.1) is 0 Å². The summed E-state index contributed by atoms with van der Waals surface area (Å²) in [6.45, 7) is 2.66. The van der Waals surface area contributed by atoms with Gasteiger partial charge in [-0.1, -0.05) is 30.3 Å². The molecular formula is C18H20N4O4. The van der Waals surface area contributed by atoms with Crippen molar-refractivity contribution in [3.05, 3.63) is 54.0 Å². The van der Waals surface area contributed by atoms with Gasteiger partial charge in [-0.3, -0.25) is 0 Å². The summed E-state index contributed by atoms with van der Waals surface area (Å²) < 4.78 is 5.38. The molecule has 2 aromatic rings. The highest BCUT2D eigenvalue weighted by Gasteiger charge is 2.21. The summed E-state index contributed by atoms with van der Waals surface area (Å²) >= 11 is 0. The molecule has 0 unspecified atom stereocenters. The topological polar surface area (TPSA) is 95.9 Å². The van der Waals surface area contributed by atoms with Crippen molar-refractivity contribution in [1.82, 2.24) is 14.9 Å². The Bertz CT molecular complexity index is 752. The molecule has 1 amide bonds. The van der Waals surface area contributed by atoms with Gasteiger partial charge in [-0.2, -0.15) is 0 Å². The van der Waals surface area contributed by atoms with Crippen molar-refractivity contribution >= 4 is 17.9 Å². The highest BCUT2D eigenvalue weighted by atomic mass is 16.6. The van der Waals surface area contributed by atoms with Gasteiger partial charge >= 0.3 is 12.1 Å². The number of anilines is 1. The molecule has 1 aliphatic rings. The van der Waals surface area contributed by atoms with Crippen molar-refractivity contribution in [2.45, 2.75) is 13.0 Å². The molecule has 0 aliphatic carbocycles. The van der Waals surface area contributed by atoms with Crippen LogP contribution >= 0.6 is 0 Å². The summed E-state index contributed by atoms with van der Waals surface area (Å²) in [4.78, 5) is 34.9. The number of nitrogens with zero attached hydrogens (tertiary/aromatic N) is 4. The van der Waals surface area contributed by atoms with Gasteiger partial charge in [0.2, 0.25) is 0 Å². The molecule has 1 saturated heterocycles. The van der Waals surface area contributed by atoms with Crippen LogP contribution in [0.1, 0.15) is 22.5 Å². The minimum atomic E-state index is -1.10. The van der Waals surface area contributed by atoms with E-state index in [0.717, 1.165) is 12.0 Å². The zero-order valence-corrected chi connectivity index (χ0v) is 14.2. The Balaban J connectivity index is 1.54. The van der Waals surface area contributed by atoms with Crippen LogP contribution in [0.4, 0.5) is 10.6 Å². The zero-order chi connectivity index (χ0) is 18.4. The van der Waals surface area contributed by atoms with Crippen LogP contribution in [0.3, 0.4) is 0 Å².